The number of fused-ring (bicyclic) bond motifs is 1. The molecule has 0 saturated carbocycles. The summed E-state index contributed by atoms with van der Waals surface area (Å²) in [4.78, 5) is 13.3. The number of anilines is 1. The lowest BCUT2D eigenvalue weighted by Gasteiger charge is -2.39. The molecule has 3 heterocycles. The molecule has 5 rings (SSSR count). The fourth-order valence-corrected chi connectivity index (χ4v) is 3.92. The van der Waals surface area contributed by atoms with E-state index in [0.29, 0.717) is 33.9 Å². The molecule has 1 aliphatic heterocycles. The minimum atomic E-state index is -1.54. The van der Waals surface area contributed by atoms with E-state index in [2.05, 4.69) is 21.0 Å². The number of nitrogen functional groups attached to an aromatic ring is 1. The van der Waals surface area contributed by atoms with Crippen molar-refractivity contribution in [3.63, 3.8) is 0 Å². The number of ether oxygens (including phenoxy) is 2. The highest BCUT2D eigenvalue weighted by Crippen LogP contribution is 2.28. The minimum absolute atomic E-state index is 0.198. The van der Waals surface area contributed by atoms with Gasteiger partial charge in [0.2, 0.25) is 6.29 Å². The molecule has 1 fully saturated rings. The summed E-state index contributed by atoms with van der Waals surface area (Å²) in [5.41, 5.74) is 8.98. The van der Waals surface area contributed by atoms with E-state index in [4.69, 9.17) is 20.5 Å². The number of nitriles is 1. The van der Waals surface area contributed by atoms with Crippen LogP contribution in [0.4, 0.5) is 5.82 Å². The highest BCUT2D eigenvalue weighted by molar-refractivity contribution is 5.85. The Morgan fingerprint density at radius 1 is 1.00 bits per heavy atom. The first-order valence-corrected chi connectivity index (χ1v) is 11.0. The lowest BCUT2D eigenvalue weighted by Crippen LogP contribution is -2.60. The van der Waals surface area contributed by atoms with Gasteiger partial charge in [0.25, 0.3) is 0 Å². The predicted octanol–water partition coefficient (Wildman–Crippen LogP) is 0.115. The molecule has 0 bridgehead atoms. The van der Waals surface area contributed by atoms with Gasteiger partial charge in [0.1, 0.15) is 36.5 Å². The van der Waals surface area contributed by atoms with Gasteiger partial charge in [-0.05, 0) is 48.5 Å². The number of aromatic nitrogens is 4. The van der Waals surface area contributed by atoms with E-state index in [1.54, 1.807) is 59.4 Å². The zero-order valence-electron chi connectivity index (χ0n) is 18.7. The number of benzene rings is 2. The molecule has 0 aliphatic carbocycles. The summed E-state index contributed by atoms with van der Waals surface area (Å²) in [7, 11) is 0. The fourth-order valence-electron chi connectivity index (χ4n) is 3.92. The van der Waals surface area contributed by atoms with E-state index >= 15 is 0 Å². The van der Waals surface area contributed by atoms with Crippen molar-refractivity contribution in [2.75, 3.05) is 12.3 Å². The number of imidazole rings is 1. The second-order valence-corrected chi connectivity index (χ2v) is 8.22. The van der Waals surface area contributed by atoms with Crippen LogP contribution >= 0.6 is 0 Å². The monoisotopic (exact) mass is 490 g/mol. The summed E-state index contributed by atoms with van der Waals surface area (Å²) in [6.45, 7) is -0.552. The van der Waals surface area contributed by atoms with E-state index in [1.807, 2.05) is 0 Å². The molecule has 1 aliphatic rings. The van der Waals surface area contributed by atoms with Gasteiger partial charge >= 0.3 is 0 Å². The quantitative estimate of drug-likeness (QED) is 0.255. The molecule has 12 nitrogen and oxygen atoms in total. The number of hydrogen-bond donors (Lipinski definition) is 5. The maximum atomic E-state index is 10.2. The number of aliphatic hydroxyl groups excluding tert-OH is 4. The second-order valence-electron chi connectivity index (χ2n) is 8.22. The molecule has 2 aromatic heterocycles. The van der Waals surface area contributed by atoms with Crippen molar-refractivity contribution in [3.05, 3.63) is 60.4 Å². The van der Waals surface area contributed by atoms with Gasteiger partial charge in [-0.3, -0.25) is 4.57 Å². The summed E-state index contributed by atoms with van der Waals surface area (Å²) in [6, 6.07) is 15.6. The highest BCUT2D eigenvalue weighted by atomic mass is 16.7. The Balaban J connectivity index is 1.41. The first-order chi connectivity index (χ1) is 17.4. The highest BCUT2D eigenvalue weighted by Gasteiger charge is 2.44. The molecule has 0 radical (unpaired) electrons. The zero-order chi connectivity index (χ0) is 25.4. The van der Waals surface area contributed by atoms with Crippen LogP contribution in [0, 0.1) is 11.3 Å². The Morgan fingerprint density at radius 3 is 2.39 bits per heavy atom. The zero-order valence-corrected chi connectivity index (χ0v) is 18.7. The number of nitrogens with two attached hydrogens (primary N) is 1. The van der Waals surface area contributed by atoms with Crippen LogP contribution in [-0.4, -0.2) is 77.3 Å². The minimum Gasteiger partial charge on any atom is -0.462 e. The number of aliphatic hydroxyl groups is 4. The van der Waals surface area contributed by atoms with Gasteiger partial charge in [-0.15, -0.1) is 0 Å². The molecular weight excluding hydrogens is 468 g/mol. The average molecular weight is 490 g/mol. The van der Waals surface area contributed by atoms with Crippen LogP contribution in [0.2, 0.25) is 0 Å². The van der Waals surface area contributed by atoms with Gasteiger partial charge in [0.15, 0.2) is 22.8 Å². The van der Waals surface area contributed by atoms with Crippen molar-refractivity contribution in [2.45, 2.75) is 30.7 Å². The molecule has 1 saturated heterocycles. The molecular formula is C24H22N6O6. The number of rotatable bonds is 5. The van der Waals surface area contributed by atoms with Crippen molar-refractivity contribution in [2.24, 2.45) is 0 Å². The molecule has 0 spiro atoms. The van der Waals surface area contributed by atoms with Gasteiger partial charge in [-0.25, -0.2) is 15.0 Å². The van der Waals surface area contributed by atoms with Crippen LogP contribution in [0.1, 0.15) is 5.56 Å². The molecule has 36 heavy (non-hydrogen) atoms. The molecule has 0 amide bonds. The van der Waals surface area contributed by atoms with E-state index in [-0.39, 0.29) is 5.82 Å². The van der Waals surface area contributed by atoms with Crippen LogP contribution < -0.4 is 10.5 Å². The third-order valence-electron chi connectivity index (χ3n) is 5.91. The smallest absolute Gasteiger partial charge is 0.229 e. The predicted molar refractivity (Wildman–Crippen MR) is 126 cm³/mol. The van der Waals surface area contributed by atoms with E-state index in [0.717, 1.165) is 5.69 Å². The Kier molecular flexibility index (Phi) is 6.23. The average Bonchev–Trinajstić information content (AvgIpc) is 3.34. The fraction of sp³-hybridized carbons (Fsp3) is 0.250. The molecule has 5 atom stereocenters. The Bertz CT molecular complexity index is 1420. The standard InChI is InChI=1S/C24H22N6O6/c25-9-12-1-5-14(6-2-12)30-11-27-17-21(26)28-22(29-23(17)30)13-3-7-15(8-4-13)35-24-20(34)19(33)18(32)16(10-31)36-24/h1-8,11,16,18-20,24,31-34H,10H2,(H2,26,28,29). The van der Waals surface area contributed by atoms with Crippen LogP contribution in [0.5, 0.6) is 5.75 Å². The molecule has 6 N–H and O–H groups in total. The topological polar surface area (TPSA) is 193 Å². The first kappa shape index (κ1) is 23.6. The third-order valence-corrected chi connectivity index (χ3v) is 5.91. The van der Waals surface area contributed by atoms with Crippen LogP contribution in [0.15, 0.2) is 54.9 Å². The maximum Gasteiger partial charge on any atom is 0.229 e. The number of hydrogen-bond acceptors (Lipinski definition) is 11. The van der Waals surface area contributed by atoms with Crippen LogP contribution in [0.25, 0.3) is 28.2 Å². The SMILES string of the molecule is N#Cc1ccc(-n2cnc3c(N)nc(-c4ccc(OC5OC(CO)C(O)C(O)C5O)cc4)nc32)cc1. The molecule has 2 aromatic carbocycles. The number of nitrogens with zero attached hydrogens (tertiary/aromatic N) is 5. The van der Waals surface area contributed by atoms with Crippen molar-refractivity contribution in [1.82, 2.24) is 19.5 Å². The van der Waals surface area contributed by atoms with Crippen molar-refractivity contribution < 1.29 is 29.9 Å². The van der Waals surface area contributed by atoms with Crippen molar-refractivity contribution in [1.29, 1.82) is 5.26 Å². The summed E-state index contributed by atoms with van der Waals surface area (Å²) >= 11 is 0. The summed E-state index contributed by atoms with van der Waals surface area (Å²) in [5, 5.41) is 48.4. The summed E-state index contributed by atoms with van der Waals surface area (Å²) in [5.74, 6) is 0.846. The molecule has 12 heteroatoms. The van der Waals surface area contributed by atoms with E-state index < -0.39 is 37.3 Å². The molecule has 4 aromatic rings. The van der Waals surface area contributed by atoms with Gasteiger partial charge < -0.3 is 35.6 Å². The lowest BCUT2D eigenvalue weighted by atomic mass is 9.99. The van der Waals surface area contributed by atoms with Gasteiger partial charge in [0, 0.05) is 11.3 Å². The summed E-state index contributed by atoms with van der Waals surface area (Å²) in [6.07, 6.45) is -5.31. The second kappa shape index (κ2) is 9.50. The van der Waals surface area contributed by atoms with Crippen LogP contribution in [0.3, 0.4) is 0 Å². The molecule has 5 unspecified atom stereocenters. The van der Waals surface area contributed by atoms with E-state index in [1.165, 1.54) is 0 Å². The third kappa shape index (κ3) is 4.22. The van der Waals surface area contributed by atoms with Crippen molar-refractivity contribution >= 4 is 17.0 Å². The normalized spacial score (nSPS) is 23.9. The van der Waals surface area contributed by atoms with E-state index in [9.17, 15) is 20.4 Å². The van der Waals surface area contributed by atoms with Gasteiger partial charge in [-0.2, -0.15) is 5.26 Å². The Labute approximate surface area is 204 Å². The molecule has 184 valence electrons. The Hall–Kier alpha value is -4.12. The first-order valence-electron chi connectivity index (χ1n) is 11.0. The largest absolute Gasteiger partial charge is 0.462 e. The van der Waals surface area contributed by atoms with Gasteiger partial charge in [0.05, 0.1) is 18.2 Å². The van der Waals surface area contributed by atoms with Crippen molar-refractivity contribution in [3.8, 4) is 28.9 Å². The summed E-state index contributed by atoms with van der Waals surface area (Å²) < 4.78 is 12.7. The van der Waals surface area contributed by atoms with Gasteiger partial charge in [-0.1, -0.05) is 0 Å². The Morgan fingerprint density at radius 2 is 1.72 bits per heavy atom. The lowest BCUT2D eigenvalue weighted by molar-refractivity contribution is -0.277. The maximum absolute atomic E-state index is 10.2. The van der Waals surface area contributed by atoms with Crippen LogP contribution in [-0.2, 0) is 4.74 Å².